The lowest BCUT2D eigenvalue weighted by Gasteiger charge is -2.09. The number of carbonyl (C=O) groups is 1. The normalized spacial score (nSPS) is 19.5. The zero-order chi connectivity index (χ0) is 11.0. The molecule has 1 atom stereocenters. The van der Waals surface area contributed by atoms with Gasteiger partial charge < -0.3 is 10.6 Å². The van der Waals surface area contributed by atoms with Crippen LogP contribution >= 0.6 is 0 Å². The highest BCUT2D eigenvalue weighted by Gasteiger charge is 2.21. The minimum Gasteiger partial charge on any atom is -0.336 e. The van der Waals surface area contributed by atoms with Gasteiger partial charge in [0.05, 0.1) is 6.04 Å². The van der Waals surface area contributed by atoms with E-state index in [1.54, 1.807) is 0 Å². The molecule has 0 radical (unpaired) electrons. The SMILES string of the molecule is O=C1NCC(c2ccc3ccccc3c2)N1. The number of urea groups is 1. The summed E-state index contributed by atoms with van der Waals surface area (Å²) >= 11 is 0. The molecule has 1 fully saturated rings. The van der Waals surface area contributed by atoms with Gasteiger partial charge in [-0.2, -0.15) is 0 Å². The summed E-state index contributed by atoms with van der Waals surface area (Å²) in [6.45, 7) is 0.664. The summed E-state index contributed by atoms with van der Waals surface area (Å²) in [6, 6.07) is 14.5. The van der Waals surface area contributed by atoms with Crippen molar-refractivity contribution in [3.63, 3.8) is 0 Å². The lowest BCUT2D eigenvalue weighted by Crippen LogP contribution is -2.21. The molecule has 16 heavy (non-hydrogen) atoms. The highest BCUT2D eigenvalue weighted by molar-refractivity contribution is 5.83. The Balaban J connectivity index is 2.02. The number of fused-ring (bicyclic) bond motifs is 1. The number of carbonyl (C=O) groups excluding carboxylic acids is 1. The molecule has 2 aromatic rings. The van der Waals surface area contributed by atoms with Crippen LogP contribution in [0, 0.1) is 0 Å². The number of nitrogens with one attached hydrogen (secondary N) is 2. The molecule has 3 nitrogen and oxygen atoms in total. The maximum absolute atomic E-state index is 11.1. The average Bonchev–Trinajstić information content (AvgIpc) is 2.75. The molecule has 0 aliphatic carbocycles. The van der Waals surface area contributed by atoms with Gasteiger partial charge in [0.2, 0.25) is 0 Å². The Kier molecular flexibility index (Phi) is 2.03. The van der Waals surface area contributed by atoms with Crippen molar-refractivity contribution in [3.05, 3.63) is 48.0 Å². The van der Waals surface area contributed by atoms with Crippen molar-refractivity contribution >= 4 is 16.8 Å². The predicted octanol–water partition coefficient (Wildman–Crippen LogP) is 2.19. The third-order valence-electron chi connectivity index (χ3n) is 2.95. The molecule has 3 heteroatoms. The first-order valence-electron chi connectivity index (χ1n) is 5.36. The van der Waals surface area contributed by atoms with E-state index in [0.29, 0.717) is 6.54 Å². The second-order valence-corrected chi connectivity index (χ2v) is 4.01. The Labute approximate surface area is 93.5 Å². The molecular weight excluding hydrogens is 200 g/mol. The molecule has 2 N–H and O–H groups in total. The standard InChI is InChI=1S/C13H12N2O/c16-13-14-8-12(15-13)11-6-5-9-3-1-2-4-10(9)7-11/h1-7,12H,8H2,(H2,14,15,16). The lowest BCUT2D eigenvalue weighted by molar-refractivity contribution is 0.247. The van der Waals surface area contributed by atoms with Crippen LogP contribution in [-0.2, 0) is 0 Å². The van der Waals surface area contributed by atoms with Crippen LogP contribution in [0.15, 0.2) is 42.5 Å². The molecule has 3 rings (SSSR count). The molecule has 80 valence electrons. The van der Waals surface area contributed by atoms with Crippen molar-refractivity contribution in [2.75, 3.05) is 6.54 Å². The van der Waals surface area contributed by atoms with E-state index in [0.717, 1.165) is 5.56 Å². The molecule has 1 heterocycles. The molecule has 1 saturated heterocycles. The summed E-state index contributed by atoms with van der Waals surface area (Å²) in [4.78, 5) is 11.1. The van der Waals surface area contributed by atoms with Gasteiger partial charge in [-0.05, 0) is 22.4 Å². The average molecular weight is 212 g/mol. The van der Waals surface area contributed by atoms with Gasteiger partial charge >= 0.3 is 6.03 Å². The van der Waals surface area contributed by atoms with Crippen molar-refractivity contribution in [3.8, 4) is 0 Å². The Bertz CT molecular complexity index is 550. The Morgan fingerprint density at radius 3 is 2.62 bits per heavy atom. The van der Waals surface area contributed by atoms with Gasteiger partial charge in [-0.3, -0.25) is 0 Å². The second kappa shape index (κ2) is 3.52. The maximum atomic E-state index is 11.1. The number of rotatable bonds is 1. The van der Waals surface area contributed by atoms with E-state index in [1.807, 2.05) is 12.1 Å². The smallest absolute Gasteiger partial charge is 0.315 e. The van der Waals surface area contributed by atoms with Gasteiger partial charge in [-0.15, -0.1) is 0 Å². The van der Waals surface area contributed by atoms with Crippen molar-refractivity contribution in [1.82, 2.24) is 10.6 Å². The van der Waals surface area contributed by atoms with E-state index in [2.05, 4.69) is 41.0 Å². The van der Waals surface area contributed by atoms with E-state index in [9.17, 15) is 4.79 Å². The maximum Gasteiger partial charge on any atom is 0.315 e. The molecular formula is C13H12N2O. The Hall–Kier alpha value is -2.03. The molecule has 1 aliphatic heterocycles. The van der Waals surface area contributed by atoms with Crippen LogP contribution in [0.1, 0.15) is 11.6 Å². The minimum absolute atomic E-state index is 0.0850. The monoisotopic (exact) mass is 212 g/mol. The van der Waals surface area contributed by atoms with Gasteiger partial charge in [-0.25, -0.2) is 4.79 Å². The van der Waals surface area contributed by atoms with Crippen LogP contribution in [-0.4, -0.2) is 12.6 Å². The summed E-state index contributed by atoms with van der Waals surface area (Å²) in [5, 5.41) is 8.09. The topological polar surface area (TPSA) is 41.1 Å². The first-order valence-corrected chi connectivity index (χ1v) is 5.36. The fraction of sp³-hybridized carbons (Fsp3) is 0.154. The van der Waals surface area contributed by atoms with Gasteiger partial charge in [-0.1, -0.05) is 36.4 Å². The van der Waals surface area contributed by atoms with E-state index in [-0.39, 0.29) is 12.1 Å². The first-order chi connectivity index (χ1) is 7.83. The van der Waals surface area contributed by atoms with E-state index < -0.39 is 0 Å². The summed E-state index contributed by atoms with van der Waals surface area (Å²) in [7, 11) is 0. The van der Waals surface area contributed by atoms with Crippen LogP contribution in [0.5, 0.6) is 0 Å². The van der Waals surface area contributed by atoms with Gasteiger partial charge in [0.25, 0.3) is 0 Å². The van der Waals surface area contributed by atoms with Crippen LogP contribution < -0.4 is 10.6 Å². The number of hydrogen-bond acceptors (Lipinski definition) is 1. The zero-order valence-electron chi connectivity index (χ0n) is 8.73. The quantitative estimate of drug-likeness (QED) is 0.747. The fourth-order valence-corrected chi connectivity index (χ4v) is 2.08. The van der Waals surface area contributed by atoms with Crippen LogP contribution in [0.3, 0.4) is 0 Å². The summed E-state index contributed by atoms with van der Waals surface area (Å²) in [6.07, 6.45) is 0. The molecule has 0 saturated carbocycles. The zero-order valence-corrected chi connectivity index (χ0v) is 8.73. The van der Waals surface area contributed by atoms with Crippen LogP contribution in [0.4, 0.5) is 4.79 Å². The van der Waals surface area contributed by atoms with Crippen LogP contribution in [0.2, 0.25) is 0 Å². The van der Waals surface area contributed by atoms with Crippen molar-refractivity contribution in [2.45, 2.75) is 6.04 Å². The number of benzene rings is 2. The lowest BCUT2D eigenvalue weighted by atomic mass is 10.0. The van der Waals surface area contributed by atoms with Crippen molar-refractivity contribution in [2.24, 2.45) is 0 Å². The fourth-order valence-electron chi connectivity index (χ4n) is 2.08. The molecule has 2 amide bonds. The van der Waals surface area contributed by atoms with E-state index >= 15 is 0 Å². The number of amides is 2. The molecule has 2 aromatic carbocycles. The minimum atomic E-state index is -0.0850. The van der Waals surface area contributed by atoms with E-state index in [1.165, 1.54) is 10.8 Å². The van der Waals surface area contributed by atoms with Crippen LogP contribution in [0.25, 0.3) is 10.8 Å². The van der Waals surface area contributed by atoms with Crippen molar-refractivity contribution < 1.29 is 4.79 Å². The molecule has 1 unspecified atom stereocenters. The third-order valence-corrected chi connectivity index (χ3v) is 2.95. The summed E-state index contributed by atoms with van der Waals surface area (Å²) in [5.74, 6) is 0. The predicted molar refractivity (Wildman–Crippen MR) is 63.2 cm³/mol. The third kappa shape index (κ3) is 1.50. The van der Waals surface area contributed by atoms with Gasteiger partial charge in [0.15, 0.2) is 0 Å². The number of hydrogen-bond donors (Lipinski definition) is 2. The molecule has 0 aromatic heterocycles. The van der Waals surface area contributed by atoms with Crippen molar-refractivity contribution in [1.29, 1.82) is 0 Å². The Morgan fingerprint density at radius 1 is 1.06 bits per heavy atom. The molecule has 1 aliphatic rings. The highest BCUT2D eigenvalue weighted by atomic mass is 16.2. The summed E-state index contributed by atoms with van der Waals surface area (Å²) in [5.41, 5.74) is 1.15. The largest absolute Gasteiger partial charge is 0.336 e. The first kappa shape index (κ1) is 9.21. The molecule has 0 spiro atoms. The van der Waals surface area contributed by atoms with Gasteiger partial charge in [0.1, 0.15) is 0 Å². The summed E-state index contributed by atoms with van der Waals surface area (Å²) < 4.78 is 0. The Morgan fingerprint density at radius 2 is 1.88 bits per heavy atom. The van der Waals surface area contributed by atoms with Gasteiger partial charge in [0, 0.05) is 6.54 Å². The second-order valence-electron chi connectivity index (χ2n) is 4.01. The van der Waals surface area contributed by atoms with E-state index in [4.69, 9.17) is 0 Å². The molecule has 0 bridgehead atoms. The highest BCUT2D eigenvalue weighted by Crippen LogP contribution is 2.21.